The van der Waals surface area contributed by atoms with Gasteiger partial charge in [-0.15, -0.1) is 0 Å². The van der Waals surface area contributed by atoms with Crippen LogP contribution in [0.1, 0.15) is 19.8 Å². The van der Waals surface area contributed by atoms with E-state index in [-0.39, 0.29) is 11.8 Å². The number of likely N-dealkylation sites (tertiary alicyclic amines) is 1. The number of carbonyl (C=O) groups is 1. The SMILES string of the molecule is CC1CCCN(C(=O)N(C)c2cccc(O)c2)C1. The Hall–Kier alpha value is -1.71. The quantitative estimate of drug-likeness (QED) is 0.830. The van der Waals surface area contributed by atoms with Crippen LogP contribution in [-0.4, -0.2) is 36.2 Å². The van der Waals surface area contributed by atoms with Crippen molar-refractivity contribution in [2.45, 2.75) is 19.8 Å². The molecule has 1 saturated heterocycles. The summed E-state index contributed by atoms with van der Waals surface area (Å²) in [5, 5.41) is 9.44. The van der Waals surface area contributed by atoms with E-state index < -0.39 is 0 Å². The minimum Gasteiger partial charge on any atom is -0.508 e. The van der Waals surface area contributed by atoms with Crippen LogP contribution in [0.4, 0.5) is 10.5 Å². The number of urea groups is 1. The zero-order chi connectivity index (χ0) is 13.1. The second-order valence-corrected chi connectivity index (χ2v) is 5.05. The van der Waals surface area contributed by atoms with Crippen LogP contribution in [0.15, 0.2) is 24.3 Å². The summed E-state index contributed by atoms with van der Waals surface area (Å²) in [4.78, 5) is 15.8. The Morgan fingerprint density at radius 2 is 2.28 bits per heavy atom. The molecule has 1 atom stereocenters. The van der Waals surface area contributed by atoms with Crippen LogP contribution in [0.25, 0.3) is 0 Å². The van der Waals surface area contributed by atoms with Gasteiger partial charge in [-0.2, -0.15) is 0 Å². The van der Waals surface area contributed by atoms with Gasteiger partial charge in [0.15, 0.2) is 0 Å². The molecule has 0 bridgehead atoms. The molecule has 4 nitrogen and oxygen atoms in total. The maximum Gasteiger partial charge on any atom is 0.324 e. The third-order valence-corrected chi connectivity index (χ3v) is 3.43. The Labute approximate surface area is 108 Å². The molecule has 18 heavy (non-hydrogen) atoms. The second-order valence-electron chi connectivity index (χ2n) is 5.05. The van der Waals surface area contributed by atoms with Crippen molar-refractivity contribution < 1.29 is 9.90 Å². The maximum absolute atomic E-state index is 12.3. The molecular weight excluding hydrogens is 228 g/mol. The van der Waals surface area contributed by atoms with Crippen molar-refractivity contribution in [1.29, 1.82) is 0 Å². The topological polar surface area (TPSA) is 43.8 Å². The Morgan fingerprint density at radius 3 is 2.94 bits per heavy atom. The van der Waals surface area contributed by atoms with Crippen LogP contribution in [-0.2, 0) is 0 Å². The van der Waals surface area contributed by atoms with E-state index >= 15 is 0 Å². The van der Waals surface area contributed by atoms with E-state index in [0.29, 0.717) is 5.92 Å². The first-order valence-electron chi connectivity index (χ1n) is 6.39. The van der Waals surface area contributed by atoms with Crippen LogP contribution in [0.3, 0.4) is 0 Å². The number of anilines is 1. The summed E-state index contributed by atoms with van der Waals surface area (Å²) in [6.07, 6.45) is 2.26. The molecule has 0 spiro atoms. The Balaban J connectivity index is 2.08. The Morgan fingerprint density at radius 1 is 1.50 bits per heavy atom. The molecule has 2 rings (SSSR count). The van der Waals surface area contributed by atoms with Crippen molar-refractivity contribution in [1.82, 2.24) is 4.90 Å². The van der Waals surface area contributed by atoms with E-state index in [9.17, 15) is 9.90 Å². The van der Waals surface area contributed by atoms with E-state index in [0.717, 1.165) is 25.2 Å². The van der Waals surface area contributed by atoms with Crippen LogP contribution in [0, 0.1) is 5.92 Å². The van der Waals surface area contributed by atoms with Gasteiger partial charge in [0.2, 0.25) is 0 Å². The lowest BCUT2D eigenvalue weighted by Crippen LogP contribution is -2.45. The number of hydrogen-bond acceptors (Lipinski definition) is 2. The molecule has 1 aromatic carbocycles. The average Bonchev–Trinajstić information content (AvgIpc) is 2.37. The molecule has 0 saturated carbocycles. The number of benzene rings is 1. The number of phenolic OH excluding ortho intramolecular Hbond substituents is 1. The minimum atomic E-state index is 0.00662. The standard InChI is InChI=1S/C14H20N2O2/c1-11-5-4-8-16(10-11)14(18)15(2)12-6-3-7-13(17)9-12/h3,6-7,9,11,17H,4-5,8,10H2,1-2H3. The molecule has 1 aliphatic heterocycles. The molecule has 1 heterocycles. The zero-order valence-corrected chi connectivity index (χ0v) is 11.0. The molecular formula is C14H20N2O2. The van der Waals surface area contributed by atoms with E-state index in [1.54, 1.807) is 30.1 Å². The van der Waals surface area contributed by atoms with Gasteiger partial charge < -0.3 is 10.0 Å². The number of amides is 2. The predicted octanol–water partition coefficient (Wildman–Crippen LogP) is 2.68. The molecule has 0 aromatic heterocycles. The lowest BCUT2D eigenvalue weighted by Gasteiger charge is -2.34. The third kappa shape index (κ3) is 2.75. The average molecular weight is 248 g/mol. The highest BCUT2D eigenvalue weighted by Crippen LogP contribution is 2.22. The number of hydrogen-bond donors (Lipinski definition) is 1. The number of piperidine rings is 1. The molecule has 4 heteroatoms. The van der Waals surface area contributed by atoms with Gasteiger partial charge in [0.1, 0.15) is 5.75 Å². The van der Waals surface area contributed by atoms with Crippen molar-refractivity contribution in [2.75, 3.05) is 25.0 Å². The van der Waals surface area contributed by atoms with Crippen LogP contribution < -0.4 is 4.90 Å². The van der Waals surface area contributed by atoms with E-state index in [2.05, 4.69) is 6.92 Å². The fourth-order valence-corrected chi connectivity index (χ4v) is 2.39. The zero-order valence-electron chi connectivity index (χ0n) is 11.0. The summed E-state index contributed by atoms with van der Waals surface area (Å²) in [6.45, 7) is 3.82. The normalized spacial score (nSPS) is 19.7. The predicted molar refractivity (Wildman–Crippen MR) is 71.9 cm³/mol. The largest absolute Gasteiger partial charge is 0.508 e. The second kappa shape index (κ2) is 5.29. The summed E-state index contributed by atoms with van der Waals surface area (Å²) in [5.41, 5.74) is 0.721. The monoisotopic (exact) mass is 248 g/mol. The Kier molecular flexibility index (Phi) is 3.75. The molecule has 1 N–H and O–H groups in total. The van der Waals surface area contributed by atoms with Gasteiger partial charge in [-0.25, -0.2) is 4.79 Å². The van der Waals surface area contributed by atoms with Crippen molar-refractivity contribution in [3.05, 3.63) is 24.3 Å². The summed E-state index contributed by atoms with van der Waals surface area (Å²) in [6, 6.07) is 6.78. The van der Waals surface area contributed by atoms with Crippen LogP contribution in [0.2, 0.25) is 0 Å². The molecule has 1 aromatic rings. The van der Waals surface area contributed by atoms with Crippen LogP contribution in [0.5, 0.6) is 5.75 Å². The summed E-state index contributed by atoms with van der Waals surface area (Å²) < 4.78 is 0. The maximum atomic E-state index is 12.3. The van der Waals surface area contributed by atoms with Gasteiger partial charge in [-0.3, -0.25) is 4.90 Å². The number of aromatic hydroxyl groups is 1. The number of phenols is 1. The van der Waals surface area contributed by atoms with Crippen molar-refractivity contribution in [3.63, 3.8) is 0 Å². The number of rotatable bonds is 1. The molecule has 1 aliphatic rings. The highest BCUT2D eigenvalue weighted by atomic mass is 16.3. The van der Waals surface area contributed by atoms with Crippen molar-refractivity contribution >= 4 is 11.7 Å². The first kappa shape index (κ1) is 12.7. The lowest BCUT2D eigenvalue weighted by atomic mass is 10.0. The highest BCUT2D eigenvalue weighted by molar-refractivity contribution is 5.91. The third-order valence-electron chi connectivity index (χ3n) is 3.43. The number of carbonyl (C=O) groups excluding carboxylic acids is 1. The van der Waals surface area contributed by atoms with Gasteiger partial charge in [-0.1, -0.05) is 13.0 Å². The molecule has 0 radical (unpaired) electrons. The van der Waals surface area contributed by atoms with Gasteiger partial charge in [0.05, 0.1) is 0 Å². The van der Waals surface area contributed by atoms with Gasteiger partial charge in [0, 0.05) is 31.9 Å². The number of nitrogens with zero attached hydrogens (tertiary/aromatic N) is 2. The van der Waals surface area contributed by atoms with Crippen LogP contribution >= 0.6 is 0 Å². The molecule has 0 aliphatic carbocycles. The fraction of sp³-hybridized carbons (Fsp3) is 0.500. The van der Waals surface area contributed by atoms with Gasteiger partial charge in [0.25, 0.3) is 0 Å². The summed E-state index contributed by atoms with van der Waals surface area (Å²) >= 11 is 0. The Bertz CT molecular complexity index is 434. The fourth-order valence-electron chi connectivity index (χ4n) is 2.39. The first-order valence-corrected chi connectivity index (χ1v) is 6.39. The van der Waals surface area contributed by atoms with E-state index in [1.807, 2.05) is 11.0 Å². The lowest BCUT2D eigenvalue weighted by molar-refractivity contribution is 0.177. The van der Waals surface area contributed by atoms with Crippen molar-refractivity contribution in [2.24, 2.45) is 5.92 Å². The minimum absolute atomic E-state index is 0.00662. The molecule has 2 amide bonds. The summed E-state index contributed by atoms with van der Waals surface area (Å²) in [5.74, 6) is 0.749. The molecule has 1 unspecified atom stereocenters. The van der Waals surface area contributed by atoms with Gasteiger partial charge >= 0.3 is 6.03 Å². The highest BCUT2D eigenvalue weighted by Gasteiger charge is 2.24. The molecule has 1 fully saturated rings. The summed E-state index contributed by atoms with van der Waals surface area (Å²) in [7, 11) is 1.75. The van der Waals surface area contributed by atoms with Crippen molar-refractivity contribution in [3.8, 4) is 5.75 Å². The van der Waals surface area contributed by atoms with E-state index in [4.69, 9.17) is 0 Å². The van der Waals surface area contributed by atoms with E-state index in [1.165, 1.54) is 6.42 Å². The smallest absolute Gasteiger partial charge is 0.324 e. The first-order chi connectivity index (χ1) is 8.58. The molecule has 98 valence electrons. The van der Waals surface area contributed by atoms with Gasteiger partial charge in [-0.05, 0) is 30.9 Å².